The van der Waals surface area contributed by atoms with Crippen LogP contribution in [0.3, 0.4) is 0 Å². The first-order chi connectivity index (χ1) is 15.7. The molecular formula is C28H29ClN2O2. The Morgan fingerprint density at radius 2 is 1.67 bits per heavy atom. The van der Waals surface area contributed by atoms with Crippen molar-refractivity contribution < 1.29 is 9.90 Å². The van der Waals surface area contributed by atoms with Gasteiger partial charge in [-0.25, -0.2) is 4.79 Å². The van der Waals surface area contributed by atoms with Gasteiger partial charge in [-0.3, -0.25) is 4.57 Å². The van der Waals surface area contributed by atoms with Crippen LogP contribution in [-0.4, -0.2) is 27.1 Å². The quantitative estimate of drug-likeness (QED) is 0.348. The third kappa shape index (κ3) is 5.23. The van der Waals surface area contributed by atoms with Crippen LogP contribution in [0.1, 0.15) is 37.5 Å². The van der Waals surface area contributed by atoms with Crippen LogP contribution in [0.5, 0.6) is 5.75 Å². The molecule has 1 aromatic heterocycles. The Hall–Kier alpha value is -3.24. The van der Waals surface area contributed by atoms with Gasteiger partial charge in [0.2, 0.25) is 0 Å². The highest BCUT2D eigenvalue weighted by atomic mass is 35.5. The number of rotatable bonds is 5. The molecule has 4 aromatic rings. The number of hydrogen-bond acceptors (Lipinski definition) is 2. The molecule has 0 bridgehead atoms. The van der Waals surface area contributed by atoms with Crippen molar-refractivity contribution in [3.05, 3.63) is 101 Å². The van der Waals surface area contributed by atoms with E-state index in [0.717, 1.165) is 22.0 Å². The lowest BCUT2D eigenvalue weighted by atomic mass is 9.87. The highest BCUT2D eigenvalue weighted by molar-refractivity contribution is 6.32. The number of fused-ring (bicyclic) bond motifs is 1. The lowest BCUT2D eigenvalue weighted by molar-refractivity contribution is 0.198. The number of carbonyl (C=O) groups excluding carboxylic acids is 1. The van der Waals surface area contributed by atoms with Crippen molar-refractivity contribution in [2.75, 3.05) is 6.54 Å². The van der Waals surface area contributed by atoms with Gasteiger partial charge in [-0.2, -0.15) is 0 Å². The summed E-state index contributed by atoms with van der Waals surface area (Å²) in [7, 11) is 0. The number of phenols is 1. The molecule has 0 aliphatic carbocycles. The van der Waals surface area contributed by atoms with Crippen LogP contribution in [0.2, 0.25) is 5.15 Å². The molecule has 170 valence electrons. The number of phenolic OH excluding ortho intramolecular Hbond substituents is 1. The predicted octanol–water partition coefficient (Wildman–Crippen LogP) is 7.01. The third-order valence-corrected chi connectivity index (χ3v) is 6.18. The maximum Gasteiger partial charge on any atom is 0.330 e. The lowest BCUT2D eigenvalue weighted by Gasteiger charge is -2.25. The molecule has 1 heterocycles. The minimum Gasteiger partial charge on any atom is -0.508 e. The van der Waals surface area contributed by atoms with Crippen LogP contribution in [0.25, 0.3) is 10.9 Å². The molecule has 0 atom stereocenters. The van der Waals surface area contributed by atoms with E-state index >= 15 is 0 Å². The zero-order valence-corrected chi connectivity index (χ0v) is 20.0. The predicted molar refractivity (Wildman–Crippen MR) is 135 cm³/mol. The van der Waals surface area contributed by atoms with E-state index in [9.17, 15) is 9.90 Å². The van der Waals surface area contributed by atoms with E-state index in [2.05, 4.69) is 45.0 Å². The fourth-order valence-corrected chi connectivity index (χ4v) is 4.29. The second kappa shape index (κ2) is 9.32. The van der Waals surface area contributed by atoms with Crippen molar-refractivity contribution in [3.8, 4) is 5.75 Å². The number of carbonyl (C=O) groups is 1. The average Bonchev–Trinajstić information content (AvgIpc) is 3.11. The smallest absolute Gasteiger partial charge is 0.330 e. The zero-order valence-electron chi connectivity index (χ0n) is 19.3. The number of nitrogens with zero attached hydrogens (tertiary/aromatic N) is 2. The van der Waals surface area contributed by atoms with Gasteiger partial charge >= 0.3 is 6.03 Å². The third-order valence-electron chi connectivity index (χ3n) is 5.90. The highest BCUT2D eigenvalue weighted by Gasteiger charge is 2.21. The molecule has 0 saturated heterocycles. The van der Waals surface area contributed by atoms with Gasteiger partial charge in [-0.15, -0.1) is 0 Å². The summed E-state index contributed by atoms with van der Waals surface area (Å²) >= 11 is 6.50. The van der Waals surface area contributed by atoms with Gasteiger partial charge < -0.3 is 10.0 Å². The normalized spacial score (nSPS) is 11.6. The van der Waals surface area contributed by atoms with Crippen LogP contribution in [0, 0.1) is 0 Å². The Morgan fingerprint density at radius 1 is 0.939 bits per heavy atom. The van der Waals surface area contributed by atoms with E-state index in [4.69, 9.17) is 11.6 Å². The van der Waals surface area contributed by atoms with E-state index < -0.39 is 0 Å². The van der Waals surface area contributed by atoms with E-state index in [0.29, 0.717) is 24.7 Å². The standard InChI is InChI=1S/C28H29ClN2O2/c1-28(2,3)23-13-11-21(12-14-23)19-30(16-15-20-7-6-9-24(32)17-20)27(33)31-25-10-5-4-8-22(25)18-26(31)29/h4-14,17-18,32H,15-16,19H2,1-3H3. The van der Waals surface area contributed by atoms with E-state index in [1.54, 1.807) is 16.7 Å². The molecule has 0 unspecified atom stereocenters. The fraction of sp³-hybridized carbons (Fsp3) is 0.250. The summed E-state index contributed by atoms with van der Waals surface area (Å²) in [4.78, 5) is 15.5. The van der Waals surface area contributed by atoms with E-state index in [1.165, 1.54) is 5.56 Å². The Morgan fingerprint density at radius 3 is 2.36 bits per heavy atom. The lowest BCUT2D eigenvalue weighted by Crippen LogP contribution is -2.36. The van der Waals surface area contributed by atoms with Crippen molar-refractivity contribution in [2.24, 2.45) is 0 Å². The summed E-state index contributed by atoms with van der Waals surface area (Å²) in [5, 5.41) is 11.1. The summed E-state index contributed by atoms with van der Waals surface area (Å²) < 4.78 is 1.57. The van der Waals surface area contributed by atoms with Gasteiger partial charge in [-0.05, 0) is 52.8 Å². The van der Waals surface area contributed by atoms with E-state index in [1.807, 2.05) is 47.4 Å². The number of aromatic nitrogens is 1. The molecule has 0 saturated carbocycles. The first-order valence-corrected chi connectivity index (χ1v) is 11.5. The minimum atomic E-state index is -0.166. The molecular weight excluding hydrogens is 432 g/mol. The highest BCUT2D eigenvalue weighted by Crippen LogP contribution is 2.26. The van der Waals surface area contributed by atoms with Gasteiger partial charge in [0, 0.05) is 18.5 Å². The van der Waals surface area contributed by atoms with Crippen molar-refractivity contribution in [1.29, 1.82) is 0 Å². The Bertz CT molecular complexity index is 1270. The van der Waals surface area contributed by atoms with Crippen LogP contribution in [0.4, 0.5) is 4.79 Å². The van der Waals surface area contributed by atoms with E-state index in [-0.39, 0.29) is 17.2 Å². The van der Waals surface area contributed by atoms with Crippen LogP contribution in [-0.2, 0) is 18.4 Å². The van der Waals surface area contributed by atoms with Crippen molar-refractivity contribution in [2.45, 2.75) is 39.2 Å². The Labute approximate surface area is 200 Å². The molecule has 0 aliphatic heterocycles. The number of aromatic hydroxyl groups is 1. The Balaban J connectivity index is 1.64. The van der Waals surface area contributed by atoms with Crippen LogP contribution >= 0.6 is 11.6 Å². The first-order valence-electron chi connectivity index (χ1n) is 11.1. The molecule has 0 aliphatic rings. The van der Waals surface area contributed by atoms with Gasteiger partial charge in [0.15, 0.2) is 0 Å². The molecule has 4 nitrogen and oxygen atoms in total. The summed E-state index contributed by atoms with van der Waals surface area (Å²) in [6.07, 6.45) is 0.622. The zero-order chi connectivity index (χ0) is 23.6. The number of amides is 1. The minimum absolute atomic E-state index is 0.0704. The second-order valence-electron chi connectivity index (χ2n) is 9.43. The molecule has 0 spiro atoms. The summed E-state index contributed by atoms with van der Waals surface area (Å²) in [5.41, 5.74) is 4.14. The van der Waals surface area contributed by atoms with Gasteiger partial charge in [0.25, 0.3) is 0 Å². The number of hydrogen-bond donors (Lipinski definition) is 1. The number of para-hydroxylation sites is 1. The number of benzene rings is 3. The SMILES string of the molecule is CC(C)(C)c1ccc(CN(CCc2cccc(O)c2)C(=O)n2c(Cl)cc3ccccc32)cc1. The fourth-order valence-electron chi connectivity index (χ4n) is 4.01. The topological polar surface area (TPSA) is 45.5 Å². The Kier molecular flexibility index (Phi) is 6.48. The molecule has 0 radical (unpaired) electrons. The summed E-state index contributed by atoms with van der Waals surface area (Å²) in [5.74, 6) is 0.225. The molecule has 4 rings (SSSR count). The van der Waals surface area contributed by atoms with Gasteiger partial charge in [-0.1, -0.05) is 87.0 Å². The summed E-state index contributed by atoms with van der Waals surface area (Å²) in [6.45, 7) is 7.52. The summed E-state index contributed by atoms with van der Waals surface area (Å²) in [6, 6.07) is 24.9. The van der Waals surface area contributed by atoms with Crippen molar-refractivity contribution in [1.82, 2.24) is 9.47 Å². The monoisotopic (exact) mass is 460 g/mol. The molecule has 0 fully saturated rings. The van der Waals surface area contributed by atoms with Crippen LogP contribution < -0.4 is 0 Å². The molecule has 3 aromatic carbocycles. The van der Waals surface area contributed by atoms with Gasteiger partial charge in [0.1, 0.15) is 10.9 Å². The average molecular weight is 461 g/mol. The largest absolute Gasteiger partial charge is 0.508 e. The number of halogens is 1. The maximum atomic E-state index is 13.7. The second-order valence-corrected chi connectivity index (χ2v) is 9.82. The van der Waals surface area contributed by atoms with Crippen molar-refractivity contribution in [3.63, 3.8) is 0 Å². The first kappa shape index (κ1) is 22.9. The molecule has 1 amide bonds. The molecule has 33 heavy (non-hydrogen) atoms. The van der Waals surface area contributed by atoms with Crippen molar-refractivity contribution >= 4 is 28.5 Å². The van der Waals surface area contributed by atoms with Crippen LogP contribution in [0.15, 0.2) is 78.9 Å². The maximum absolute atomic E-state index is 13.7. The van der Waals surface area contributed by atoms with Gasteiger partial charge in [0.05, 0.1) is 5.52 Å². The molecule has 1 N–H and O–H groups in total. The molecule has 5 heteroatoms.